The molecule has 6 rings (SSSR count). The lowest BCUT2D eigenvalue weighted by Crippen LogP contribution is -2.35. The first-order valence-corrected chi connectivity index (χ1v) is 15.0. The molecule has 3 atom stereocenters. The van der Waals surface area contributed by atoms with E-state index in [-0.39, 0.29) is 34.9 Å². The van der Waals surface area contributed by atoms with E-state index in [1.165, 1.54) is 6.20 Å². The highest BCUT2D eigenvalue weighted by molar-refractivity contribution is 7.09. The second kappa shape index (κ2) is 11.3. The summed E-state index contributed by atoms with van der Waals surface area (Å²) in [5.41, 5.74) is -0.792. The second-order valence-corrected chi connectivity index (χ2v) is 11.7. The number of hydrogen-bond donors (Lipinski definition) is 2. The van der Waals surface area contributed by atoms with Crippen molar-refractivity contribution >= 4 is 40.5 Å². The van der Waals surface area contributed by atoms with E-state index >= 15 is 0 Å². The Bertz CT molecular complexity index is 1940. The average molecular weight is 640 g/mol. The predicted molar refractivity (Wildman–Crippen MR) is 160 cm³/mol. The lowest BCUT2D eigenvalue weighted by molar-refractivity contribution is -0.140. The molecule has 1 fully saturated rings. The quantitative estimate of drug-likeness (QED) is 0.276. The van der Waals surface area contributed by atoms with Crippen LogP contribution in [0.25, 0.3) is 10.9 Å². The molecule has 1 aliphatic heterocycles. The number of carbonyl (C=O) groups is 2. The van der Waals surface area contributed by atoms with Crippen LogP contribution in [0.2, 0.25) is 0 Å². The third kappa shape index (κ3) is 5.41. The number of urea groups is 1. The molecular formula is C30H28F3N7O4S. The van der Waals surface area contributed by atoms with Gasteiger partial charge in [-0.1, -0.05) is 6.07 Å². The van der Waals surface area contributed by atoms with Crippen LogP contribution in [-0.4, -0.2) is 50.5 Å². The van der Waals surface area contributed by atoms with E-state index in [4.69, 9.17) is 4.74 Å². The number of fused-ring (bicyclic) bond motifs is 2. The predicted octanol–water partition coefficient (Wildman–Crippen LogP) is 4.33. The van der Waals surface area contributed by atoms with Gasteiger partial charge in [0.15, 0.2) is 5.69 Å². The zero-order valence-corrected chi connectivity index (χ0v) is 25.2. The van der Waals surface area contributed by atoms with Crippen LogP contribution in [0.3, 0.4) is 0 Å². The van der Waals surface area contributed by atoms with Gasteiger partial charge in [0.05, 0.1) is 35.7 Å². The van der Waals surface area contributed by atoms with Crippen LogP contribution < -0.4 is 16.1 Å². The Hall–Kier alpha value is -4.79. The number of thiazole rings is 1. The lowest BCUT2D eigenvalue weighted by Gasteiger charge is -2.19. The molecule has 0 bridgehead atoms. The Morgan fingerprint density at radius 1 is 1.20 bits per heavy atom. The molecule has 1 aromatic carbocycles. The van der Waals surface area contributed by atoms with E-state index in [0.29, 0.717) is 23.3 Å². The van der Waals surface area contributed by atoms with Gasteiger partial charge in [0, 0.05) is 60.2 Å². The van der Waals surface area contributed by atoms with E-state index in [1.807, 2.05) is 13.2 Å². The van der Waals surface area contributed by atoms with Crippen molar-refractivity contribution in [3.05, 3.63) is 91.9 Å². The standard InChI is InChI=1S/C30H28F3N7O4S/c1-4-34-28(43)38-23-9-20-24(26-37-22(13-45-26)30(31,32)33)29(20,14-35-23)16-6-7-21-18(8-16)25(41)19(27(42)44-5-2)12-40(21)11-17-10-39(3)15-36-17/h6-10,12-15,20,24H,4-5,11H2,1-3H3,(H2,34,38,43). The molecule has 0 spiro atoms. The molecule has 4 aromatic rings. The van der Waals surface area contributed by atoms with Crippen LogP contribution >= 0.6 is 11.3 Å². The van der Waals surface area contributed by atoms with Gasteiger partial charge in [0.2, 0.25) is 5.43 Å². The minimum Gasteiger partial charge on any atom is -0.462 e. The summed E-state index contributed by atoms with van der Waals surface area (Å²) in [6.07, 6.45) is 3.61. The van der Waals surface area contributed by atoms with Crippen molar-refractivity contribution in [2.45, 2.75) is 37.9 Å². The van der Waals surface area contributed by atoms with Gasteiger partial charge in [-0.3, -0.25) is 10.1 Å². The van der Waals surface area contributed by atoms with E-state index in [2.05, 4.69) is 25.6 Å². The fourth-order valence-corrected chi connectivity index (χ4v) is 6.92. The molecule has 2 aliphatic rings. The van der Waals surface area contributed by atoms with Gasteiger partial charge in [-0.2, -0.15) is 13.2 Å². The third-order valence-electron chi connectivity index (χ3n) is 7.89. The molecule has 45 heavy (non-hydrogen) atoms. The number of nitrogens with zero attached hydrogens (tertiary/aromatic N) is 5. The number of allylic oxidation sites excluding steroid dienone is 1. The Kier molecular flexibility index (Phi) is 7.59. The normalized spacial score (nSPS) is 20.4. The van der Waals surface area contributed by atoms with Gasteiger partial charge >= 0.3 is 18.2 Å². The van der Waals surface area contributed by atoms with Gasteiger partial charge in [-0.25, -0.2) is 24.5 Å². The van der Waals surface area contributed by atoms with Crippen molar-refractivity contribution in [3.8, 4) is 0 Å². The van der Waals surface area contributed by atoms with Gasteiger partial charge in [0.1, 0.15) is 11.4 Å². The minimum absolute atomic E-state index is 0.0756. The summed E-state index contributed by atoms with van der Waals surface area (Å²) in [4.78, 5) is 51.5. The summed E-state index contributed by atoms with van der Waals surface area (Å²) >= 11 is 0.896. The maximum atomic E-state index is 13.7. The molecule has 2 amide bonds. The fraction of sp³-hybridized carbons (Fsp3) is 0.333. The number of aromatic nitrogens is 4. The summed E-state index contributed by atoms with van der Waals surface area (Å²) in [7, 11) is 1.83. The number of alkyl halides is 3. The van der Waals surface area contributed by atoms with Crippen molar-refractivity contribution in [1.29, 1.82) is 0 Å². The maximum absolute atomic E-state index is 13.7. The van der Waals surface area contributed by atoms with E-state index in [1.54, 1.807) is 59.8 Å². The van der Waals surface area contributed by atoms with Crippen LogP contribution in [-0.2, 0) is 29.9 Å². The van der Waals surface area contributed by atoms with E-state index in [9.17, 15) is 27.6 Å². The average Bonchev–Trinajstić information content (AvgIpc) is 3.25. The first-order chi connectivity index (χ1) is 21.5. The molecule has 3 aromatic heterocycles. The van der Waals surface area contributed by atoms with Crippen LogP contribution in [0.4, 0.5) is 18.0 Å². The third-order valence-corrected chi connectivity index (χ3v) is 8.82. The summed E-state index contributed by atoms with van der Waals surface area (Å²) in [5.74, 6) is -1.48. The number of aryl methyl sites for hydroxylation is 1. The zero-order valence-electron chi connectivity index (χ0n) is 24.4. The number of rotatable bonds is 8. The number of pyridine rings is 1. The molecule has 11 nitrogen and oxygen atoms in total. The lowest BCUT2D eigenvalue weighted by atomic mass is 9.90. The Labute approximate surface area is 258 Å². The van der Waals surface area contributed by atoms with Crippen molar-refractivity contribution in [3.63, 3.8) is 0 Å². The SMILES string of the molecule is CCNC(=O)NC1=CC2C(c3nc(C(F)(F)F)cs3)C2(c2ccc3c(c2)c(=O)c(C(=O)OCC)cn3Cc2cn(C)cn2)C=N1. The van der Waals surface area contributed by atoms with Crippen LogP contribution in [0.1, 0.15) is 52.1 Å². The highest BCUT2D eigenvalue weighted by Gasteiger charge is 2.67. The first kappa shape index (κ1) is 30.2. The van der Waals surface area contributed by atoms with E-state index in [0.717, 1.165) is 16.7 Å². The number of carbonyl (C=O) groups excluding carboxylic acids is 2. The number of esters is 1. The monoisotopic (exact) mass is 639 g/mol. The Morgan fingerprint density at radius 2 is 2.00 bits per heavy atom. The van der Waals surface area contributed by atoms with Crippen molar-refractivity contribution in [2.24, 2.45) is 18.0 Å². The van der Waals surface area contributed by atoms with Gasteiger partial charge in [-0.15, -0.1) is 11.3 Å². The molecule has 1 aliphatic carbocycles. The molecule has 0 saturated heterocycles. The van der Waals surface area contributed by atoms with Crippen LogP contribution in [0, 0.1) is 5.92 Å². The van der Waals surface area contributed by atoms with Crippen molar-refractivity contribution in [1.82, 2.24) is 29.7 Å². The number of aliphatic imine (C=N–C) groups is 1. The Balaban J connectivity index is 1.48. The number of halogens is 3. The molecule has 2 N–H and O–H groups in total. The number of amides is 2. The smallest absolute Gasteiger partial charge is 0.434 e. The highest BCUT2D eigenvalue weighted by Crippen LogP contribution is 2.67. The Morgan fingerprint density at radius 3 is 2.67 bits per heavy atom. The van der Waals surface area contributed by atoms with Gasteiger partial charge < -0.3 is 19.2 Å². The summed E-state index contributed by atoms with van der Waals surface area (Å²) in [5, 5.41) is 6.73. The fourth-order valence-electron chi connectivity index (χ4n) is 5.86. The molecule has 15 heteroatoms. The maximum Gasteiger partial charge on any atom is 0.434 e. The minimum atomic E-state index is -4.61. The van der Waals surface area contributed by atoms with Crippen LogP contribution in [0.15, 0.2) is 64.0 Å². The topological polar surface area (TPSA) is 132 Å². The molecular weight excluding hydrogens is 611 g/mol. The molecule has 1 saturated carbocycles. The number of nitrogens with one attached hydrogen (secondary N) is 2. The molecule has 234 valence electrons. The molecule has 0 radical (unpaired) electrons. The summed E-state index contributed by atoms with van der Waals surface area (Å²) < 4.78 is 49.2. The largest absolute Gasteiger partial charge is 0.462 e. The number of hydrogen-bond acceptors (Lipinski definition) is 8. The van der Waals surface area contributed by atoms with E-state index < -0.39 is 46.6 Å². The molecule has 4 heterocycles. The first-order valence-electron chi connectivity index (χ1n) is 14.1. The van der Waals surface area contributed by atoms with Crippen molar-refractivity contribution in [2.75, 3.05) is 13.2 Å². The summed E-state index contributed by atoms with van der Waals surface area (Å²) in [6, 6.07) is 4.73. The van der Waals surface area contributed by atoms with Gasteiger partial charge in [0.25, 0.3) is 0 Å². The number of benzene rings is 1. The van der Waals surface area contributed by atoms with Gasteiger partial charge in [-0.05, 0) is 37.6 Å². The van der Waals surface area contributed by atoms with Crippen LogP contribution in [0.5, 0.6) is 0 Å². The van der Waals surface area contributed by atoms with Crippen molar-refractivity contribution < 1.29 is 27.5 Å². The highest BCUT2D eigenvalue weighted by atomic mass is 32.1. The second-order valence-electron chi connectivity index (χ2n) is 10.8. The summed E-state index contributed by atoms with van der Waals surface area (Å²) in [6.45, 7) is 4.13. The zero-order chi connectivity index (χ0) is 32.1. The number of ether oxygens (including phenoxy) is 1. The molecule has 3 unspecified atom stereocenters. The number of imidazole rings is 1.